The topological polar surface area (TPSA) is 83.1 Å². The molecule has 0 aliphatic carbocycles. The van der Waals surface area contributed by atoms with Crippen LogP contribution < -0.4 is 19.5 Å². The summed E-state index contributed by atoms with van der Waals surface area (Å²) in [5.41, 5.74) is 1.39. The Morgan fingerprint density at radius 3 is 2.39 bits per heavy atom. The third-order valence-corrected chi connectivity index (χ3v) is 5.06. The number of carbonyl (C=O) groups is 2. The number of methoxy groups -OCH3 is 3. The van der Waals surface area contributed by atoms with Crippen molar-refractivity contribution in [3.8, 4) is 17.2 Å². The average molecular weight is 473 g/mol. The number of halogens is 2. The maximum atomic E-state index is 12.5. The van der Waals surface area contributed by atoms with Crippen molar-refractivity contribution in [2.45, 2.75) is 6.92 Å². The highest BCUT2D eigenvalue weighted by Gasteiger charge is 2.24. The van der Waals surface area contributed by atoms with E-state index in [9.17, 15) is 9.59 Å². The Bertz CT molecular complexity index is 902. The number of esters is 1. The summed E-state index contributed by atoms with van der Waals surface area (Å²) in [4.78, 5) is 24.6. The van der Waals surface area contributed by atoms with Gasteiger partial charge in [0.2, 0.25) is 5.75 Å². The van der Waals surface area contributed by atoms with Gasteiger partial charge in [-0.05, 0) is 46.6 Å². The molecule has 0 aliphatic rings. The molecule has 0 aromatic heterocycles. The molecule has 150 valence electrons. The third kappa shape index (κ3) is 4.69. The van der Waals surface area contributed by atoms with E-state index in [1.54, 1.807) is 25.1 Å². The highest BCUT2D eigenvalue weighted by Crippen LogP contribution is 2.44. The van der Waals surface area contributed by atoms with Crippen LogP contribution in [0.25, 0.3) is 0 Å². The van der Waals surface area contributed by atoms with Crippen LogP contribution in [0.3, 0.4) is 0 Å². The van der Waals surface area contributed by atoms with Crippen LogP contribution in [-0.4, -0.2) is 39.8 Å². The molecular weight excluding hydrogens is 454 g/mol. The van der Waals surface area contributed by atoms with Crippen LogP contribution in [0, 0.1) is 6.92 Å². The Kier molecular flexibility index (Phi) is 7.53. The smallest absolute Gasteiger partial charge is 0.340 e. The van der Waals surface area contributed by atoms with Crippen molar-refractivity contribution >= 4 is 45.1 Å². The first-order valence-electron chi connectivity index (χ1n) is 8.04. The second kappa shape index (κ2) is 9.66. The van der Waals surface area contributed by atoms with Crippen LogP contribution in [0.2, 0.25) is 5.02 Å². The molecule has 0 aliphatic heterocycles. The Morgan fingerprint density at radius 2 is 1.79 bits per heavy atom. The van der Waals surface area contributed by atoms with Gasteiger partial charge in [0.05, 0.1) is 31.4 Å². The SMILES string of the molecule is COc1cc(C(=O)OCC(=O)Nc2cccc(Cl)c2C)c(Br)c(OC)c1OC. The molecule has 9 heteroatoms. The van der Waals surface area contributed by atoms with Crippen LogP contribution in [-0.2, 0) is 9.53 Å². The molecule has 1 amide bonds. The fourth-order valence-corrected chi connectivity index (χ4v) is 3.20. The van der Waals surface area contributed by atoms with Crippen LogP contribution in [0.15, 0.2) is 28.7 Å². The number of carbonyl (C=O) groups excluding carboxylic acids is 2. The molecule has 2 aromatic rings. The number of nitrogens with one attached hydrogen (secondary N) is 1. The zero-order chi connectivity index (χ0) is 20.8. The minimum atomic E-state index is -0.732. The lowest BCUT2D eigenvalue weighted by Gasteiger charge is -2.16. The van der Waals surface area contributed by atoms with Crippen molar-refractivity contribution in [1.29, 1.82) is 0 Å². The quantitative estimate of drug-likeness (QED) is 0.607. The first-order chi connectivity index (χ1) is 13.3. The highest BCUT2D eigenvalue weighted by molar-refractivity contribution is 9.10. The highest BCUT2D eigenvalue weighted by atomic mass is 79.9. The maximum Gasteiger partial charge on any atom is 0.340 e. The predicted molar refractivity (Wildman–Crippen MR) is 109 cm³/mol. The van der Waals surface area contributed by atoms with Crippen molar-refractivity contribution in [1.82, 2.24) is 0 Å². The number of anilines is 1. The van der Waals surface area contributed by atoms with Crippen LogP contribution in [0.5, 0.6) is 17.2 Å². The normalized spacial score (nSPS) is 10.2. The minimum absolute atomic E-state index is 0.126. The van der Waals surface area contributed by atoms with Gasteiger partial charge in [-0.2, -0.15) is 0 Å². The van der Waals surface area contributed by atoms with Gasteiger partial charge >= 0.3 is 5.97 Å². The molecule has 28 heavy (non-hydrogen) atoms. The lowest BCUT2D eigenvalue weighted by Crippen LogP contribution is -2.21. The van der Waals surface area contributed by atoms with E-state index in [0.717, 1.165) is 5.56 Å². The molecule has 0 radical (unpaired) electrons. The van der Waals surface area contributed by atoms with Crippen LogP contribution in [0.4, 0.5) is 5.69 Å². The van der Waals surface area contributed by atoms with E-state index in [1.165, 1.54) is 27.4 Å². The van der Waals surface area contributed by atoms with Gasteiger partial charge in [-0.15, -0.1) is 0 Å². The van der Waals surface area contributed by atoms with Crippen molar-refractivity contribution < 1.29 is 28.5 Å². The van der Waals surface area contributed by atoms with Gasteiger partial charge in [0.1, 0.15) is 0 Å². The van der Waals surface area contributed by atoms with E-state index in [-0.39, 0.29) is 17.1 Å². The van der Waals surface area contributed by atoms with Crippen molar-refractivity contribution in [2.75, 3.05) is 33.3 Å². The summed E-state index contributed by atoms with van der Waals surface area (Å²) < 4.78 is 21.2. The van der Waals surface area contributed by atoms with Gasteiger partial charge in [0.15, 0.2) is 18.1 Å². The minimum Gasteiger partial charge on any atom is -0.493 e. The molecule has 0 saturated carbocycles. The largest absolute Gasteiger partial charge is 0.493 e. The average Bonchev–Trinajstić information content (AvgIpc) is 2.69. The summed E-state index contributed by atoms with van der Waals surface area (Å²) in [7, 11) is 4.31. The second-order valence-electron chi connectivity index (χ2n) is 5.54. The third-order valence-electron chi connectivity index (χ3n) is 3.87. The molecule has 0 fully saturated rings. The van der Waals surface area contributed by atoms with Gasteiger partial charge in [-0.1, -0.05) is 17.7 Å². The molecule has 2 aromatic carbocycles. The molecule has 0 bridgehead atoms. The first-order valence-corrected chi connectivity index (χ1v) is 9.21. The zero-order valence-electron chi connectivity index (χ0n) is 15.7. The standard InChI is InChI=1S/C19H19BrClNO6/c1-10-12(21)6-5-7-13(10)22-15(23)9-28-19(24)11-8-14(25-2)17(26-3)18(27-4)16(11)20/h5-8H,9H2,1-4H3,(H,22,23). The summed E-state index contributed by atoms with van der Waals surface area (Å²) >= 11 is 9.33. The molecule has 0 atom stereocenters. The fraction of sp³-hybridized carbons (Fsp3) is 0.263. The summed E-state index contributed by atoms with van der Waals surface area (Å²) in [5, 5.41) is 3.18. The summed E-state index contributed by atoms with van der Waals surface area (Å²) in [6.45, 7) is 1.30. The summed E-state index contributed by atoms with van der Waals surface area (Å²) in [6.07, 6.45) is 0. The Labute approximate surface area is 176 Å². The number of amides is 1. The van der Waals surface area contributed by atoms with Gasteiger partial charge in [0.25, 0.3) is 5.91 Å². The van der Waals surface area contributed by atoms with Gasteiger partial charge in [-0.25, -0.2) is 4.79 Å². The molecule has 0 spiro atoms. The Balaban J connectivity index is 2.14. The molecule has 7 nitrogen and oxygen atoms in total. The van der Waals surface area contributed by atoms with E-state index in [0.29, 0.717) is 20.9 Å². The lowest BCUT2D eigenvalue weighted by atomic mass is 10.2. The molecule has 0 unspecified atom stereocenters. The molecule has 1 N–H and O–H groups in total. The van der Waals surface area contributed by atoms with E-state index < -0.39 is 18.5 Å². The Hall–Kier alpha value is -2.45. The van der Waals surface area contributed by atoms with E-state index >= 15 is 0 Å². The van der Waals surface area contributed by atoms with E-state index in [1.807, 2.05) is 0 Å². The van der Waals surface area contributed by atoms with Gasteiger partial charge in [0, 0.05) is 10.7 Å². The number of ether oxygens (including phenoxy) is 4. The number of hydrogen-bond donors (Lipinski definition) is 1. The molecular formula is C19H19BrClNO6. The van der Waals surface area contributed by atoms with Gasteiger partial charge in [-0.3, -0.25) is 4.79 Å². The van der Waals surface area contributed by atoms with Crippen molar-refractivity contribution in [3.63, 3.8) is 0 Å². The maximum absolute atomic E-state index is 12.5. The zero-order valence-corrected chi connectivity index (χ0v) is 18.1. The number of benzene rings is 2. The monoisotopic (exact) mass is 471 g/mol. The van der Waals surface area contributed by atoms with Crippen molar-refractivity contribution in [3.05, 3.63) is 44.9 Å². The van der Waals surface area contributed by atoms with Gasteiger partial charge < -0.3 is 24.3 Å². The second-order valence-corrected chi connectivity index (χ2v) is 6.74. The lowest BCUT2D eigenvalue weighted by molar-refractivity contribution is -0.119. The fourth-order valence-electron chi connectivity index (χ4n) is 2.41. The Morgan fingerprint density at radius 1 is 1.11 bits per heavy atom. The van der Waals surface area contributed by atoms with Crippen molar-refractivity contribution in [2.24, 2.45) is 0 Å². The van der Waals surface area contributed by atoms with Crippen LogP contribution in [0.1, 0.15) is 15.9 Å². The molecule has 2 rings (SSSR count). The molecule has 0 heterocycles. The summed E-state index contributed by atoms with van der Waals surface area (Å²) in [5.74, 6) is -0.352. The number of rotatable bonds is 7. The molecule has 0 saturated heterocycles. The van der Waals surface area contributed by atoms with E-state index in [2.05, 4.69) is 21.2 Å². The summed E-state index contributed by atoms with van der Waals surface area (Å²) in [6, 6.07) is 6.57. The van der Waals surface area contributed by atoms with Crippen LogP contribution >= 0.6 is 27.5 Å². The van der Waals surface area contributed by atoms with E-state index in [4.69, 9.17) is 30.5 Å². The predicted octanol–water partition coefficient (Wildman–Crippen LogP) is 4.23. The first kappa shape index (κ1) is 21.8. The number of hydrogen-bond acceptors (Lipinski definition) is 6.